The van der Waals surface area contributed by atoms with Gasteiger partial charge in [-0.1, -0.05) is 91.0 Å². The highest BCUT2D eigenvalue weighted by molar-refractivity contribution is 5.46. The van der Waals surface area contributed by atoms with Gasteiger partial charge in [0.2, 0.25) is 0 Å². The van der Waals surface area contributed by atoms with Crippen molar-refractivity contribution in [3.63, 3.8) is 0 Å². The van der Waals surface area contributed by atoms with Gasteiger partial charge in [0.15, 0.2) is 0 Å². The lowest BCUT2D eigenvalue weighted by atomic mass is 9.98. The van der Waals surface area contributed by atoms with Crippen molar-refractivity contribution in [3.8, 4) is 0 Å². The molecular weight excluding hydrogens is 591 g/mol. The predicted molar refractivity (Wildman–Crippen MR) is 171 cm³/mol. The molecule has 2 aliphatic rings. The summed E-state index contributed by atoms with van der Waals surface area (Å²) in [6, 6.07) is 33.0. The summed E-state index contributed by atoms with van der Waals surface area (Å²) < 4.78 is 59.0. The van der Waals surface area contributed by atoms with Crippen LogP contribution in [0.1, 0.15) is 28.8 Å². The van der Waals surface area contributed by atoms with Crippen molar-refractivity contribution in [1.29, 1.82) is 0 Å². The van der Waals surface area contributed by atoms with Gasteiger partial charge in [-0.05, 0) is 41.2 Å². The van der Waals surface area contributed by atoms with E-state index in [-0.39, 0.29) is 18.3 Å². The smallest absolute Gasteiger partial charge is 0.370 e. The van der Waals surface area contributed by atoms with Crippen molar-refractivity contribution < 1.29 is 27.4 Å². The van der Waals surface area contributed by atoms with E-state index in [1.165, 1.54) is 12.3 Å². The van der Waals surface area contributed by atoms with Gasteiger partial charge in [-0.25, -0.2) is 4.98 Å². The quantitative estimate of drug-likeness (QED) is 0.168. The molecule has 2 saturated heterocycles. The summed E-state index contributed by atoms with van der Waals surface area (Å²) in [4.78, 5) is 8.20. The second kappa shape index (κ2) is 15.2. The summed E-state index contributed by atoms with van der Waals surface area (Å²) >= 11 is 0. The van der Waals surface area contributed by atoms with Crippen molar-refractivity contribution in [3.05, 3.63) is 132 Å². The molecule has 1 aromatic heterocycles. The highest BCUT2D eigenvalue weighted by atomic mass is 19.4. The summed E-state index contributed by atoms with van der Waals surface area (Å²) in [5.41, 5.74) is 3.14. The van der Waals surface area contributed by atoms with Crippen LogP contribution in [0.3, 0.4) is 0 Å². The van der Waals surface area contributed by atoms with E-state index in [0.29, 0.717) is 38.8 Å². The lowest BCUT2D eigenvalue weighted by Crippen LogP contribution is -2.58. The molecule has 6 nitrogen and oxygen atoms in total. The maximum absolute atomic E-state index is 13.0. The summed E-state index contributed by atoms with van der Waals surface area (Å²) in [6.45, 7) is 5.12. The average molecular weight is 632 g/mol. The molecule has 2 aliphatic heterocycles. The Bertz CT molecular complexity index is 1420. The van der Waals surface area contributed by atoms with Crippen LogP contribution in [0.5, 0.6) is 0 Å². The van der Waals surface area contributed by atoms with Crippen LogP contribution < -0.4 is 4.90 Å². The van der Waals surface area contributed by atoms with E-state index in [1.807, 2.05) is 54.6 Å². The van der Waals surface area contributed by atoms with Crippen LogP contribution in [-0.2, 0) is 40.2 Å². The van der Waals surface area contributed by atoms with Gasteiger partial charge in [0.05, 0.1) is 43.9 Å². The zero-order valence-electron chi connectivity index (χ0n) is 25.8. The first-order chi connectivity index (χ1) is 22.4. The average Bonchev–Trinajstić information content (AvgIpc) is 3.55. The lowest BCUT2D eigenvalue weighted by molar-refractivity contribution is -0.185. The molecule has 4 aromatic rings. The molecule has 0 aliphatic carbocycles. The van der Waals surface area contributed by atoms with E-state index in [9.17, 15) is 13.2 Å². The van der Waals surface area contributed by atoms with Gasteiger partial charge in [0.25, 0.3) is 0 Å². The molecule has 242 valence electrons. The van der Waals surface area contributed by atoms with Crippen LogP contribution in [0.4, 0.5) is 18.9 Å². The maximum atomic E-state index is 13.0. The van der Waals surface area contributed by atoms with E-state index in [0.717, 1.165) is 54.5 Å². The molecule has 2 fully saturated rings. The molecule has 0 radical (unpaired) electrons. The summed E-state index contributed by atoms with van der Waals surface area (Å²) in [5, 5.41) is 0. The number of rotatable bonds is 12. The fraction of sp³-hybridized carbons (Fsp3) is 0.378. The number of anilines is 1. The summed E-state index contributed by atoms with van der Waals surface area (Å²) in [7, 11) is 0. The predicted octanol–water partition coefficient (Wildman–Crippen LogP) is 7.00. The minimum Gasteiger partial charge on any atom is -0.370 e. The van der Waals surface area contributed by atoms with E-state index < -0.39 is 11.9 Å². The molecule has 3 aromatic carbocycles. The number of hydrogen-bond donors (Lipinski definition) is 0. The van der Waals surface area contributed by atoms with E-state index >= 15 is 0 Å². The van der Waals surface area contributed by atoms with Crippen molar-refractivity contribution in [1.82, 2.24) is 9.88 Å². The molecule has 0 amide bonds. The highest BCUT2D eigenvalue weighted by Gasteiger charge is 2.40. The van der Waals surface area contributed by atoms with Crippen LogP contribution >= 0.6 is 0 Å². The third kappa shape index (κ3) is 8.73. The standard InChI is InChI=1S/C37H40F3N3O3/c38-37(39,40)35-17-16-32(20-41-35)43-19-18-31(22-43)21-42-23-33(44-25-28-10-4-1-5-11-28)36(46-27-30-14-8-3-9-15-30)34(24-42)45-26-29-12-6-2-7-13-29/h1-17,20,31,33-34,36H,18-19,21-27H2/t31-,33-,34+,36?/m0/s1. The molecule has 0 bridgehead atoms. The lowest BCUT2D eigenvalue weighted by Gasteiger charge is -2.44. The minimum absolute atomic E-state index is 0.227. The van der Waals surface area contributed by atoms with Gasteiger partial charge < -0.3 is 19.1 Å². The first kappa shape index (κ1) is 32.2. The monoisotopic (exact) mass is 631 g/mol. The maximum Gasteiger partial charge on any atom is 0.433 e. The Balaban J connectivity index is 1.16. The Morgan fingerprint density at radius 2 is 1.17 bits per heavy atom. The third-order valence-electron chi connectivity index (χ3n) is 8.71. The van der Waals surface area contributed by atoms with Gasteiger partial charge in [-0.15, -0.1) is 0 Å². The van der Waals surface area contributed by atoms with Crippen molar-refractivity contribution in [2.45, 2.75) is 50.7 Å². The molecule has 4 atom stereocenters. The Hall–Kier alpha value is -3.76. The first-order valence-corrected chi connectivity index (χ1v) is 15.9. The number of pyridine rings is 1. The Kier molecular flexibility index (Phi) is 10.7. The Labute approximate surface area is 268 Å². The molecule has 0 spiro atoms. The SMILES string of the molecule is FC(F)(F)c1ccc(N2CC[C@@H](CN3C[C@H](OCc4ccccc4)C(OCc4ccccc4)[C@H](OCc4ccccc4)C3)C2)cn1. The largest absolute Gasteiger partial charge is 0.433 e. The minimum atomic E-state index is -4.44. The first-order valence-electron chi connectivity index (χ1n) is 15.9. The van der Waals surface area contributed by atoms with Crippen molar-refractivity contribution in [2.75, 3.05) is 37.6 Å². The second-order valence-corrected chi connectivity index (χ2v) is 12.1. The zero-order valence-corrected chi connectivity index (χ0v) is 25.8. The molecule has 1 unspecified atom stereocenters. The van der Waals surface area contributed by atoms with E-state index in [4.69, 9.17) is 14.2 Å². The molecule has 0 N–H and O–H groups in total. The Morgan fingerprint density at radius 3 is 1.65 bits per heavy atom. The number of ether oxygens (including phenoxy) is 3. The number of alkyl halides is 3. The molecular formula is C37H40F3N3O3. The molecule has 6 rings (SSSR count). The number of likely N-dealkylation sites (tertiary alicyclic amines) is 1. The number of hydrogen-bond acceptors (Lipinski definition) is 6. The molecule has 46 heavy (non-hydrogen) atoms. The van der Waals surface area contributed by atoms with Crippen molar-refractivity contribution in [2.24, 2.45) is 5.92 Å². The van der Waals surface area contributed by atoms with Crippen LogP contribution in [-0.4, -0.2) is 60.9 Å². The number of halogens is 3. The van der Waals surface area contributed by atoms with E-state index in [1.54, 1.807) is 0 Å². The van der Waals surface area contributed by atoms with Gasteiger partial charge >= 0.3 is 6.18 Å². The fourth-order valence-electron chi connectivity index (χ4n) is 6.33. The number of piperidine rings is 1. The van der Waals surface area contributed by atoms with Gasteiger partial charge in [-0.2, -0.15) is 13.2 Å². The molecule has 3 heterocycles. The van der Waals surface area contributed by atoms with Crippen LogP contribution in [0.15, 0.2) is 109 Å². The fourth-order valence-corrected chi connectivity index (χ4v) is 6.33. The second-order valence-electron chi connectivity index (χ2n) is 12.1. The van der Waals surface area contributed by atoms with E-state index in [2.05, 4.69) is 51.2 Å². The van der Waals surface area contributed by atoms with Gasteiger partial charge in [0.1, 0.15) is 11.8 Å². The van der Waals surface area contributed by atoms with Crippen LogP contribution in [0, 0.1) is 5.92 Å². The molecule has 9 heteroatoms. The summed E-state index contributed by atoms with van der Waals surface area (Å²) in [5.74, 6) is 0.341. The highest BCUT2D eigenvalue weighted by Crippen LogP contribution is 2.31. The molecule has 0 saturated carbocycles. The number of benzene rings is 3. The third-order valence-corrected chi connectivity index (χ3v) is 8.71. The van der Waals surface area contributed by atoms with Gasteiger partial charge in [0, 0.05) is 32.7 Å². The number of aromatic nitrogens is 1. The summed E-state index contributed by atoms with van der Waals surface area (Å²) in [6.07, 6.45) is -2.90. The van der Waals surface area contributed by atoms with Gasteiger partial charge in [-0.3, -0.25) is 4.90 Å². The van der Waals surface area contributed by atoms with Crippen LogP contribution in [0.2, 0.25) is 0 Å². The Morgan fingerprint density at radius 1 is 0.652 bits per heavy atom. The normalized spacial score (nSPS) is 22.3. The van der Waals surface area contributed by atoms with Crippen LogP contribution in [0.25, 0.3) is 0 Å². The van der Waals surface area contributed by atoms with Crippen molar-refractivity contribution >= 4 is 5.69 Å². The number of nitrogens with zero attached hydrogens (tertiary/aromatic N) is 3. The topological polar surface area (TPSA) is 47.1 Å². The zero-order chi connectivity index (χ0) is 31.8.